The third-order valence-corrected chi connectivity index (χ3v) is 4.45. The molecule has 23 heavy (non-hydrogen) atoms. The van der Waals surface area contributed by atoms with Gasteiger partial charge in [-0.25, -0.2) is 0 Å². The molecule has 3 heteroatoms. The Morgan fingerprint density at radius 2 is 1.70 bits per heavy atom. The van der Waals surface area contributed by atoms with Crippen molar-refractivity contribution in [2.24, 2.45) is 0 Å². The van der Waals surface area contributed by atoms with E-state index in [4.69, 9.17) is 4.98 Å². The van der Waals surface area contributed by atoms with Crippen molar-refractivity contribution in [2.75, 3.05) is 0 Å². The molecule has 0 saturated heterocycles. The third-order valence-electron chi connectivity index (χ3n) is 3.80. The molecule has 2 aromatic carbocycles. The maximum atomic E-state index is 9.32. The Morgan fingerprint density at radius 3 is 2.30 bits per heavy atom. The largest absolute Gasteiger partial charge is 0.251 e. The first-order valence-electron chi connectivity index (χ1n) is 7.35. The van der Waals surface area contributed by atoms with Crippen LogP contribution in [0.4, 0.5) is 0 Å². The molecule has 0 bridgehead atoms. The van der Waals surface area contributed by atoms with Crippen LogP contribution in [0.25, 0.3) is 22.4 Å². The summed E-state index contributed by atoms with van der Waals surface area (Å²) in [7, 11) is 0. The molecule has 0 aliphatic heterocycles. The number of hydrogen-bond acceptors (Lipinski definition) is 2. The first kappa shape index (κ1) is 15.5. The van der Waals surface area contributed by atoms with Crippen LogP contribution in [-0.4, -0.2) is 4.98 Å². The molecule has 0 aliphatic carbocycles. The van der Waals surface area contributed by atoms with Gasteiger partial charge in [-0.2, -0.15) is 5.26 Å². The lowest BCUT2D eigenvalue weighted by Gasteiger charge is -2.12. The molecule has 1 heterocycles. The zero-order chi connectivity index (χ0) is 16.2. The molecule has 0 radical (unpaired) electrons. The van der Waals surface area contributed by atoms with Crippen molar-refractivity contribution in [1.29, 1.82) is 5.26 Å². The van der Waals surface area contributed by atoms with E-state index >= 15 is 0 Å². The van der Waals surface area contributed by atoms with Crippen molar-refractivity contribution in [1.82, 2.24) is 4.98 Å². The Labute approximate surface area is 144 Å². The number of rotatable bonds is 3. The lowest BCUT2D eigenvalue weighted by Crippen LogP contribution is -1.96. The predicted octanol–water partition coefficient (Wildman–Crippen LogP) is 5.49. The number of alkyl halides is 1. The third kappa shape index (κ3) is 3.18. The summed E-state index contributed by atoms with van der Waals surface area (Å²) < 4.78 is 0. The second-order valence-electron chi connectivity index (χ2n) is 5.33. The number of hydrogen-bond donors (Lipinski definition) is 0. The summed E-state index contributed by atoms with van der Waals surface area (Å²) in [4.78, 5) is 4.71. The molecule has 0 fully saturated rings. The van der Waals surface area contributed by atoms with Gasteiger partial charge < -0.3 is 0 Å². The lowest BCUT2D eigenvalue weighted by atomic mass is 9.96. The van der Waals surface area contributed by atoms with E-state index in [9.17, 15) is 5.26 Å². The number of pyridine rings is 1. The number of benzene rings is 2. The van der Waals surface area contributed by atoms with Gasteiger partial charge in [0.25, 0.3) is 0 Å². The molecule has 0 N–H and O–H groups in total. The summed E-state index contributed by atoms with van der Waals surface area (Å²) in [5, 5.41) is 10.2. The van der Waals surface area contributed by atoms with Gasteiger partial charge >= 0.3 is 0 Å². The monoisotopic (exact) mass is 362 g/mol. The molecule has 2 nitrogen and oxygen atoms in total. The van der Waals surface area contributed by atoms with Gasteiger partial charge in [-0.3, -0.25) is 4.98 Å². The van der Waals surface area contributed by atoms with E-state index in [-0.39, 0.29) is 0 Å². The summed E-state index contributed by atoms with van der Waals surface area (Å²) in [6.45, 7) is 1.88. The summed E-state index contributed by atoms with van der Waals surface area (Å²) >= 11 is 3.47. The molecule has 3 aromatic rings. The van der Waals surface area contributed by atoms with Gasteiger partial charge in [-0.15, -0.1) is 0 Å². The quantitative estimate of drug-likeness (QED) is 0.577. The highest BCUT2D eigenvalue weighted by molar-refractivity contribution is 9.08. The first-order chi connectivity index (χ1) is 11.2. The Kier molecular flexibility index (Phi) is 4.55. The number of aryl methyl sites for hydroxylation is 1. The van der Waals surface area contributed by atoms with Gasteiger partial charge in [0.15, 0.2) is 0 Å². The molecule has 112 valence electrons. The Morgan fingerprint density at radius 1 is 1.00 bits per heavy atom. The van der Waals surface area contributed by atoms with E-state index in [0.717, 1.165) is 33.4 Å². The van der Waals surface area contributed by atoms with Gasteiger partial charge in [0, 0.05) is 16.5 Å². The minimum atomic E-state index is 0.615. The van der Waals surface area contributed by atoms with Crippen molar-refractivity contribution >= 4 is 15.9 Å². The lowest BCUT2D eigenvalue weighted by molar-refractivity contribution is 1.18. The predicted molar refractivity (Wildman–Crippen MR) is 97.2 cm³/mol. The summed E-state index contributed by atoms with van der Waals surface area (Å²) in [5.41, 5.74) is 6.61. The highest BCUT2D eigenvalue weighted by Crippen LogP contribution is 2.32. The van der Waals surface area contributed by atoms with Crippen molar-refractivity contribution in [3.8, 4) is 28.5 Å². The van der Waals surface area contributed by atoms with Crippen molar-refractivity contribution < 1.29 is 0 Å². The Hall–Kier alpha value is -2.44. The molecular formula is C20H15BrN2. The van der Waals surface area contributed by atoms with E-state index < -0.39 is 0 Å². The fourth-order valence-corrected chi connectivity index (χ4v) is 2.90. The summed E-state index contributed by atoms with van der Waals surface area (Å²) in [6.07, 6.45) is 0. The molecule has 0 saturated carbocycles. The molecule has 0 atom stereocenters. The number of nitrogens with zero attached hydrogens (tertiary/aromatic N) is 2. The van der Waals surface area contributed by atoms with Crippen LogP contribution in [0.5, 0.6) is 0 Å². The molecule has 1 aromatic heterocycles. The minimum absolute atomic E-state index is 0.615. The second-order valence-corrected chi connectivity index (χ2v) is 5.89. The zero-order valence-electron chi connectivity index (χ0n) is 12.8. The Bertz CT molecular complexity index is 863. The second kappa shape index (κ2) is 6.76. The Balaban J connectivity index is 2.22. The van der Waals surface area contributed by atoms with Crippen molar-refractivity contribution in [3.63, 3.8) is 0 Å². The topological polar surface area (TPSA) is 36.7 Å². The highest BCUT2D eigenvalue weighted by atomic mass is 79.9. The van der Waals surface area contributed by atoms with Gasteiger partial charge in [0.1, 0.15) is 6.07 Å². The molecule has 0 unspecified atom stereocenters. The van der Waals surface area contributed by atoms with Gasteiger partial charge in [-0.05, 0) is 24.1 Å². The van der Waals surface area contributed by atoms with Crippen LogP contribution in [0.1, 0.15) is 16.8 Å². The van der Waals surface area contributed by atoms with Crippen molar-refractivity contribution in [3.05, 3.63) is 77.5 Å². The standard InChI is InChI=1S/C20H15BrN2/c1-14-18(13-22)11-19(16-5-3-2-4-6-16)20(23-14)17-9-7-15(12-21)8-10-17/h2-11H,12H2,1H3. The van der Waals surface area contributed by atoms with E-state index in [1.165, 1.54) is 5.56 Å². The van der Waals surface area contributed by atoms with Crippen LogP contribution in [-0.2, 0) is 5.33 Å². The van der Waals surface area contributed by atoms with Gasteiger partial charge in [0.2, 0.25) is 0 Å². The zero-order valence-corrected chi connectivity index (χ0v) is 14.3. The fraction of sp³-hybridized carbons (Fsp3) is 0.100. The number of aromatic nitrogens is 1. The molecule has 0 spiro atoms. The van der Waals surface area contributed by atoms with Crippen LogP contribution in [0.15, 0.2) is 60.7 Å². The summed E-state index contributed by atoms with van der Waals surface area (Å²) in [5.74, 6) is 0. The average Bonchev–Trinajstić information content (AvgIpc) is 2.62. The van der Waals surface area contributed by atoms with Crippen LogP contribution in [0.3, 0.4) is 0 Å². The first-order valence-corrected chi connectivity index (χ1v) is 8.47. The van der Waals surface area contributed by atoms with Gasteiger partial charge in [0.05, 0.1) is 17.0 Å². The molecule has 0 aliphatic rings. The number of nitriles is 1. The van der Waals surface area contributed by atoms with E-state index in [0.29, 0.717) is 5.56 Å². The SMILES string of the molecule is Cc1nc(-c2ccc(CBr)cc2)c(-c2ccccc2)cc1C#N. The maximum Gasteiger partial charge on any atom is 0.101 e. The molecule has 3 rings (SSSR count). The van der Waals surface area contributed by atoms with Gasteiger partial charge in [-0.1, -0.05) is 70.5 Å². The van der Waals surface area contributed by atoms with Crippen LogP contribution in [0.2, 0.25) is 0 Å². The summed E-state index contributed by atoms with van der Waals surface area (Å²) in [6, 6.07) is 22.6. The van der Waals surface area contributed by atoms with Crippen molar-refractivity contribution in [2.45, 2.75) is 12.3 Å². The van der Waals surface area contributed by atoms with E-state index in [1.807, 2.05) is 43.3 Å². The molecular weight excluding hydrogens is 348 g/mol. The number of halogens is 1. The van der Waals surface area contributed by atoms with E-state index in [1.54, 1.807) is 0 Å². The van der Waals surface area contributed by atoms with Crippen LogP contribution in [0, 0.1) is 18.3 Å². The van der Waals surface area contributed by atoms with Crippen LogP contribution < -0.4 is 0 Å². The fourth-order valence-electron chi connectivity index (χ4n) is 2.53. The highest BCUT2D eigenvalue weighted by Gasteiger charge is 2.13. The van der Waals surface area contributed by atoms with E-state index in [2.05, 4.69) is 46.3 Å². The maximum absolute atomic E-state index is 9.32. The molecule has 0 amide bonds. The normalized spacial score (nSPS) is 10.3. The minimum Gasteiger partial charge on any atom is -0.251 e. The average molecular weight is 363 g/mol. The van der Waals surface area contributed by atoms with Crippen LogP contribution >= 0.6 is 15.9 Å². The smallest absolute Gasteiger partial charge is 0.101 e.